The number of aryl methyl sites for hydroxylation is 1. The topological polar surface area (TPSA) is 15.3 Å². The summed E-state index contributed by atoms with van der Waals surface area (Å²) in [5.41, 5.74) is 2.32. The van der Waals surface area contributed by atoms with Crippen molar-refractivity contribution in [3.05, 3.63) is 28.8 Å². The van der Waals surface area contributed by atoms with Crippen molar-refractivity contribution >= 4 is 17.3 Å². The van der Waals surface area contributed by atoms with Crippen molar-refractivity contribution in [2.75, 3.05) is 32.0 Å². The van der Waals surface area contributed by atoms with Crippen molar-refractivity contribution in [3.63, 3.8) is 0 Å². The maximum Gasteiger partial charge on any atom is 0.0640 e. The fourth-order valence-corrected chi connectivity index (χ4v) is 2.83. The largest absolute Gasteiger partial charge is 0.383 e. The lowest BCUT2D eigenvalue weighted by atomic mass is 9.98. The van der Waals surface area contributed by atoms with Gasteiger partial charge in [-0.05, 0) is 50.9 Å². The molecule has 0 amide bonds. The fourth-order valence-electron chi connectivity index (χ4n) is 2.54. The molecule has 0 aliphatic carbocycles. The first-order valence-corrected chi connectivity index (χ1v) is 6.72. The van der Waals surface area contributed by atoms with Gasteiger partial charge < -0.3 is 10.2 Å². The van der Waals surface area contributed by atoms with Crippen LogP contribution < -0.4 is 5.32 Å². The van der Waals surface area contributed by atoms with Crippen LogP contribution in [0.5, 0.6) is 0 Å². The minimum Gasteiger partial charge on any atom is -0.383 e. The molecule has 2 nitrogen and oxygen atoms in total. The van der Waals surface area contributed by atoms with Gasteiger partial charge in [0.05, 0.1) is 10.7 Å². The highest BCUT2D eigenvalue weighted by molar-refractivity contribution is 6.33. The minimum atomic E-state index is 0.740. The molecule has 1 fully saturated rings. The summed E-state index contributed by atoms with van der Waals surface area (Å²) in [6.07, 6.45) is 2.63. The number of piperidine rings is 1. The molecule has 0 spiro atoms. The van der Waals surface area contributed by atoms with Gasteiger partial charge in [-0.25, -0.2) is 0 Å². The minimum absolute atomic E-state index is 0.740. The Morgan fingerprint density at radius 2 is 2.29 bits per heavy atom. The van der Waals surface area contributed by atoms with Gasteiger partial charge >= 0.3 is 0 Å². The van der Waals surface area contributed by atoms with Crippen LogP contribution in [0.4, 0.5) is 5.69 Å². The summed E-state index contributed by atoms with van der Waals surface area (Å²) in [4.78, 5) is 2.41. The van der Waals surface area contributed by atoms with E-state index in [1.807, 2.05) is 12.1 Å². The van der Waals surface area contributed by atoms with Crippen LogP contribution in [0.2, 0.25) is 5.02 Å². The average Bonchev–Trinajstić information content (AvgIpc) is 2.28. The van der Waals surface area contributed by atoms with Gasteiger partial charge in [-0.1, -0.05) is 23.7 Å². The molecule has 1 unspecified atom stereocenters. The molecule has 3 heteroatoms. The number of hydrogen-bond acceptors (Lipinski definition) is 2. The summed E-state index contributed by atoms with van der Waals surface area (Å²) in [6.45, 7) is 5.55. The maximum atomic E-state index is 6.20. The van der Waals surface area contributed by atoms with Crippen LogP contribution in [0.1, 0.15) is 18.4 Å². The zero-order chi connectivity index (χ0) is 12.3. The third-order valence-corrected chi connectivity index (χ3v) is 3.83. The number of hydrogen-bond donors (Lipinski definition) is 1. The second kappa shape index (κ2) is 5.74. The average molecular weight is 253 g/mol. The number of rotatable bonds is 3. The molecule has 94 valence electrons. The van der Waals surface area contributed by atoms with E-state index in [0.717, 1.165) is 23.2 Å². The van der Waals surface area contributed by atoms with Gasteiger partial charge in [-0.2, -0.15) is 0 Å². The normalized spacial score (nSPS) is 21.5. The quantitative estimate of drug-likeness (QED) is 0.887. The van der Waals surface area contributed by atoms with Crippen LogP contribution >= 0.6 is 11.6 Å². The van der Waals surface area contributed by atoms with Gasteiger partial charge in [0.15, 0.2) is 0 Å². The third kappa shape index (κ3) is 3.36. The van der Waals surface area contributed by atoms with Crippen molar-refractivity contribution < 1.29 is 0 Å². The Kier molecular flexibility index (Phi) is 4.30. The molecule has 1 aromatic carbocycles. The Morgan fingerprint density at radius 1 is 1.47 bits per heavy atom. The summed E-state index contributed by atoms with van der Waals surface area (Å²) < 4.78 is 0. The number of benzene rings is 1. The number of nitrogens with one attached hydrogen (secondary N) is 1. The number of para-hydroxylation sites is 1. The van der Waals surface area contributed by atoms with Gasteiger partial charge in [0, 0.05) is 13.1 Å². The summed E-state index contributed by atoms with van der Waals surface area (Å²) in [6, 6.07) is 6.04. The van der Waals surface area contributed by atoms with Crippen LogP contribution in [-0.4, -0.2) is 31.6 Å². The number of likely N-dealkylation sites (tertiary alicyclic amines) is 1. The first-order chi connectivity index (χ1) is 8.16. The van der Waals surface area contributed by atoms with E-state index in [4.69, 9.17) is 11.6 Å². The molecule has 1 aliphatic heterocycles. The van der Waals surface area contributed by atoms with Crippen LogP contribution in [0.25, 0.3) is 0 Å². The molecular formula is C14H21ClN2. The van der Waals surface area contributed by atoms with E-state index in [9.17, 15) is 0 Å². The van der Waals surface area contributed by atoms with E-state index in [-0.39, 0.29) is 0 Å². The second-order valence-corrected chi connectivity index (χ2v) is 5.49. The van der Waals surface area contributed by atoms with Crippen molar-refractivity contribution in [2.45, 2.75) is 19.8 Å². The van der Waals surface area contributed by atoms with E-state index in [0.29, 0.717) is 0 Å². The summed E-state index contributed by atoms with van der Waals surface area (Å²) in [5, 5.41) is 4.34. The molecule has 1 heterocycles. The Balaban J connectivity index is 1.93. The van der Waals surface area contributed by atoms with Gasteiger partial charge in [0.1, 0.15) is 0 Å². The van der Waals surface area contributed by atoms with Crippen molar-refractivity contribution in [1.29, 1.82) is 0 Å². The summed E-state index contributed by atoms with van der Waals surface area (Å²) >= 11 is 6.20. The Labute approximate surface area is 109 Å². The molecule has 1 aliphatic rings. The molecule has 0 radical (unpaired) electrons. The molecule has 0 saturated carbocycles. The molecule has 1 saturated heterocycles. The molecule has 1 atom stereocenters. The zero-order valence-electron chi connectivity index (χ0n) is 10.7. The van der Waals surface area contributed by atoms with E-state index in [1.165, 1.54) is 31.5 Å². The predicted molar refractivity (Wildman–Crippen MR) is 74.9 cm³/mol. The van der Waals surface area contributed by atoms with Gasteiger partial charge in [0.25, 0.3) is 0 Å². The first-order valence-electron chi connectivity index (χ1n) is 6.34. The van der Waals surface area contributed by atoms with Gasteiger partial charge in [-0.15, -0.1) is 0 Å². The Bertz CT molecular complexity index is 358. The van der Waals surface area contributed by atoms with E-state index in [1.54, 1.807) is 0 Å². The molecule has 17 heavy (non-hydrogen) atoms. The van der Waals surface area contributed by atoms with Crippen LogP contribution in [0.3, 0.4) is 0 Å². The van der Waals surface area contributed by atoms with Crippen LogP contribution in [0.15, 0.2) is 18.2 Å². The van der Waals surface area contributed by atoms with Crippen LogP contribution in [0, 0.1) is 12.8 Å². The standard InChI is InChI=1S/C14H21ClN2/c1-11-5-3-7-13(15)14(11)16-9-12-6-4-8-17(2)10-12/h3,5,7,12,16H,4,6,8-10H2,1-2H3. The fraction of sp³-hybridized carbons (Fsp3) is 0.571. The zero-order valence-corrected chi connectivity index (χ0v) is 11.4. The number of anilines is 1. The van der Waals surface area contributed by atoms with Crippen molar-refractivity contribution in [1.82, 2.24) is 4.90 Å². The van der Waals surface area contributed by atoms with E-state index < -0.39 is 0 Å². The molecule has 1 N–H and O–H groups in total. The second-order valence-electron chi connectivity index (χ2n) is 5.08. The Morgan fingerprint density at radius 3 is 3.00 bits per heavy atom. The number of nitrogens with zero attached hydrogens (tertiary/aromatic N) is 1. The molecule has 1 aromatic rings. The molecule has 2 rings (SSSR count). The summed E-state index contributed by atoms with van der Waals surface area (Å²) in [5.74, 6) is 0.740. The predicted octanol–water partition coefficient (Wildman–Crippen LogP) is 3.40. The first kappa shape index (κ1) is 12.7. The molecule has 0 aromatic heterocycles. The van der Waals surface area contributed by atoms with E-state index in [2.05, 4.69) is 30.3 Å². The van der Waals surface area contributed by atoms with Crippen molar-refractivity contribution in [3.8, 4) is 0 Å². The third-order valence-electron chi connectivity index (χ3n) is 3.51. The lowest BCUT2D eigenvalue weighted by Gasteiger charge is -2.30. The summed E-state index contributed by atoms with van der Waals surface area (Å²) in [7, 11) is 2.20. The van der Waals surface area contributed by atoms with E-state index >= 15 is 0 Å². The monoisotopic (exact) mass is 252 g/mol. The van der Waals surface area contributed by atoms with Crippen molar-refractivity contribution in [2.24, 2.45) is 5.92 Å². The number of halogens is 1. The molecular weight excluding hydrogens is 232 g/mol. The smallest absolute Gasteiger partial charge is 0.0640 e. The maximum absolute atomic E-state index is 6.20. The lowest BCUT2D eigenvalue weighted by molar-refractivity contribution is 0.217. The highest BCUT2D eigenvalue weighted by Crippen LogP contribution is 2.26. The van der Waals surface area contributed by atoms with Gasteiger partial charge in [-0.3, -0.25) is 0 Å². The van der Waals surface area contributed by atoms with Crippen LogP contribution in [-0.2, 0) is 0 Å². The SMILES string of the molecule is Cc1cccc(Cl)c1NCC1CCCN(C)C1. The van der Waals surface area contributed by atoms with Gasteiger partial charge in [0.2, 0.25) is 0 Å². The highest BCUT2D eigenvalue weighted by Gasteiger charge is 2.17. The molecule has 0 bridgehead atoms. The lowest BCUT2D eigenvalue weighted by Crippen LogP contribution is -2.35. The highest BCUT2D eigenvalue weighted by atomic mass is 35.5. The Hall–Kier alpha value is -0.730.